The lowest BCUT2D eigenvalue weighted by molar-refractivity contribution is 0.304. The maximum atomic E-state index is 5.55. The van der Waals surface area contributed by atoms with Gasteiger partial charge in [0, 0.05) is 24.2 Å². The lowest BCUT2D eigenvalue weighted by Gasteiger charge is -2.28. The number of hydrogen-bond donors (Lipinski definition) is 0. The molecule has 3 heteroatoms. The second-order valence-corrected chi connectivity index (χ2v) is 7.47. The van der Waals surface area contributed by atoms with Crippen molar-refractivity contribution in [3.63, 3.8) is 0 Å². The Bertz CT molecular complexity index is 681. The molecule has 2 aromatic rings. The van der Waals surface area contributed by atoms with Gasteiger partial charge in [0.2, 0.25) is 0 Å². The van der Waals surface area contributed by atoms with E-state index in [9.17, 15) is 0 Å². The summed E-state index contributed by atoms with van der Waals surface area (Å²) in [5.74, 6) is 3.72. The highest BCUT2D eigenvalue weighted by Crippen LogP contribution is 2.39. The summed E-state index contributed by atoms with van der Waals surface area (Å²) in [6.45, 7) is 1.15. The van der Waals surface area contributed by atoms with E-state index in [-0.39, 0.29) is 0 Å². The van der Waals surface area contributed by atoms with Gasteiger partial charge in [0.15, 0.2) is 0 Å². The molecule has 0 radical (unpaired) electrons. The van der Waals surface area contributed by atoms with Crippen LogP contribution in [0.5, 0.6) is 5.75 Å². The van der Waals surface area contributed by atoms with Crippen LogP contribution in [0.15, 0.2) is 30.5 Å². The summed E-state index contributed by atoms with van der Waals surface area (Å²) in [5.41, 5.74) is 2.19. The highest BCUT2D eigenvalue weighted by molar-refractivity contribution is 5.66. The lowest BCUT2D eigenvalue weighted by Crippen LogP contribution is -2.19. The van der Waals surface area contributed by atoms with Crippen LogP contribution in [0.1, 0.15) is 63.1 Å². The number of hydrogen-bond acceptors (Lipinski definition) is 2. The van der Waals surface area contributed by atoms with E-state index in [2.05, 4.69) is 22.9 Å². The molecule has 0 unspecified atom stereocenters. The van der Waals surface area contributed by atoms with Gasteiger partial charge in [0.05, 0.1) is 12.8 Å². The van der Waals surface area contributed by atoms with Crippen LogP contribution < -0.4 is 4.74 Å². The first-order valence-electron chi connectivity index (χ1n) is 9.55. The number of benzene rings is 1. The third-order valence-corrected chi connectivity index (χ3v) is 5.84. The lowest BCUT2D eigenvalue weighted by atomic mass is 9.84. The van der Waals surface area contributed by atoms with E-state index in [4.69, 9.17) is 9.72 Å². The standard InChI is InChI=1S/C21H28N2O/c1-24-20-13-6-5-12-18(20)19-15-23(14-16-8-3-2-4-9-16)21(22-19)17-10-7-11-17/h5-6,12-13,15-17H,2-4,7-11,14H2,1H3. The Labute approximate surface area is 145 Å². The zero-order chi connectivity index (χ0) is 16.4. The van der Waals surface area contributed by atoms with Crippen molar-refractivity contribution in [2.75, 3.05) is 7.11 Å². The molecule has 1 heterocycles. The number of aromatic nitrogens is 2. The average Bonchev–Trinajstić information content (AvgIpc) is 2.97. The molecule has 2 aliphatic rings. The van der Waals surface area contributed by atoms with Gasteiger partial charge in [0.25, 0.3) is 0 Å². The minimum atomic E-state index is 0.664. The second-order valence-electron chi connectivity index (χ2n) is 7.47. The predicted octanol–water partition coefficient (Wildman–Crippen LogP) is 5.41. The molecule has 2 saturated carbocycles. The van der Waals surface area contributed by atoms with Crippen LogP contribution in [-0.2, 0) is 6.54 Å². The highest BCUT2D eigenvalue weighted by atomic mass is 16.5. The smallest absolute Gasteiger partial charge is 0.128 e. The third-order valence-electron chi connectivity index (χ3n) is 5.84. The van der Waals surface area contributed by atoms with Crippen LogP contribution in [0.4, 0.5) is 0 Å². The first-order valence-corrected chi connectivity index (χ1v) is 9.55. The van der Waals surface area contributed by atoms with E-state index in [0.29, 0.717) is 5.92 Å². The number of para-hydroxylation sites is 1. The molecule has 1 aromatic heterocycles. The van der Waals surface area contributed by atoms with E-state index in [1.54, 1.807) is 7.11 Å². The van der Waals surface area contributed by atoms with Crippen molar-refractivity contribution in [3.8, 4) is 17.0 Å². The van der Waals surface area contributed by atoms with Crippen molar-refractivity contribution < 1.29 is 4.74 Å². The van der Waals surface area contributed by atoms with Gasteiger partial charge in [-0.05, 0) is 43.7 Å². The van der Waals surface area contributed by atoms with Crippen molar-refractivity contribution in [1.82, 2.24) is 9.55 Å². The Hall–Kier alpha value is -1.77. The molecule has 0 bridgehead atoms. The average molecular weight is 324 g/mol. The fourth-order valence-electron chi connectivity index (χ4n) is 4.20. The van der Waals surface area contributed by atoms with Crippen LogP contribution in [0.25, 0.3) is 11.3 Å². The van der Waals surface area contributed by atoms with E-state index >= 15 is 0 Å². The summed E-state index contributed by atoms with van der Waals surface area (Å²) in [4.78, 5) is 5.06. The molecule has 0 spiro atoms. The van der Waals surface area contributed by atoms with Crippen molar-refractivity contribution in [1.29, 1.82) is 0 Å². The molecule has 1 aromatic carbocycles. The molecule has 0 aliphatic heterocycles. The van der Waals surface area contributed by atoms with E-state index in [1.807, 2.05) is 12.1 Å². The van der Waals surface area contributed by atoms with Crippen LogP contribution in [0.2, 0.25) is 0 Å². The van der Waals surface area contributed by atoms with Gasteiger partial charge in [-0.25, -0.2) is 4.98 Å². The summed E-state index contributed by atoms with van der Waals surface area (Å²) in [6.07, 6.45) is 13.2. The van der Waals surface area contributed by atoms with Gasteiger partial charge in [-0.3, -0.25) is 0 Å². The summed E-state index contributed by atoms with van der Waals surface area (Å²) < 4.78 is 8.02. The second kappa shape index (κ2) is 7.00. The van der Waals surface area contributed by atoms with Crippen molar-refractivity contribution in [2.45, 2.75) is 63.8 Å². The molecule has 0 amide bonds. The third kappa shape index (κ3) is 3.09. The molecule has 0 N–H and O–H groups in total. The van der Waals surface area contributed by atoms with Crippen LogP contribution in [-0.4, -0.2) is 16.7 Å². The molecule has 128 valence electrons. The van der Waals surface area contributed by atoms with Crippen LogP contribution in [0.3, 0.4) is 0 Å². The van der Waals surface area contributed by atoms with Crippen LogP contribution >= 0.6 is 0 Å². The Morgan fingerprint density at radius 2 is 1.83 bits per heavy atom. The van der Waals surface area contributed by atoms with Crippen LogP contribution in [0, 0.1) is 5.92 Å². The van der Waals surface area contributed by atoms with Gasteiger partial charge < -0.3 is 9.30 Å². The van der Waals surface area contributed by atoms with Gasteiger partial charge in [-0.2, -0.15) is 0 Å². The Balaban J connectivity index is 1.65. The first-order chi connectivity index (χ1) is 11.8. The molecule has 3 nitrogen and oxygen atoms in total. The van der Waals surface area contributed by atoms with Gasteiger partial charge in [0.1, 0.15) is 11.6 Å². The normalized spacial score (nSPS) is 19.2. The fourth-order valence-corrected chi connectivity index (χ4v) is 4.20. The molecule has 0 atom stereocenters. The SMILES string of the molecule is COc1ccccc1-c1cn(CC2CCCCC2)c(C2CCC2)n1. The maximum Gasteiger partial charge on any atom is 0.128 e. The predicted molar refractivity (Wildman–Crippen MR) is 97.4 cm³/mol. The van der Waals surface area contributed by atoms with Gasteiger partial charge in [-0.15, -0.1) is 0 Å². The number of rotatable bonds is 5. The highest BCUT2D eigenvalue weighted by Gasteiger charge is 2.27. The van der Waals surface area contributed by atoms with Gasteiger partial charge >= 0.3 is 0 Å². The Morgan fingerprint density at radius 1 is 1.04 bits per heavy atom. The quantitative estimate of drug-likeness (QED) is 0.735. The molecule has 0 saturated heterocycles. The largest absolute Gasteiger partial charge is 0.496 e. The monoisotopic (exact) mass is 324 g/mol. The number of nitrogens with zero attached hydrogens (tertiary/aromatic N) is 2. The summed E-state index contributed by atoms with van der Waals surface area (Å²) in [5, 5.41) is 0. The topological polar surface area (TPSA) is 27.1 Å². The zero-order valence-electron chi connectivity index (χ0n) is 14.7. The first kappa shape index (κ1) is 15.7. The van der Waals surface area contributed by atoms with Crippen molar-refractivity contribution >= 4 is 0 Å². The fraction of sp³-hybridized carbons (Fsp3) is 0.571. The summed E-state index contributed by atoms with van der Waals surface area (Å²) >= 11 is 0. The maximum absolute atomic E-state index is 5.55. The minimum absolute atomic E-state index is 0.664. The van der Waals surface area contributed by atoms with Crippen molar-refractivity contribution in [2.24, 2.45) is 5.92 Å². The molecule has 24 heavy (non-hydrogen) atoms. The van der Waals surface area contributed by atoms with E-state index < -0.39 is 0 Å². The van der Waals surface area contributed by atoms with Crippen molar-refractivity contribution in [3.05, 3.63) is 36.3 Å². The molecule has 2 aliphatic carbocycles. The van der Waals surface area contributed by atoms with Gasteiger partial charge in [-0.1, -0.05) is 37.8 Å². The number of methoxy groups -OCH3 is 1. The zero-order valence-corrected chi connectivity index (χ0v) is 14.7. The Kier molecular flexibility index (Phi) is 4.59. The Morgan fingerprint density at radius 3 is 2.54 bits per heavy atom. The molecule has 2 fully saturated rings. The molecule has 4 rings (SSSR count). The number of imidazole rings is 1. The molecular weight excluding hydrogens is 296 g/mol. The minimum Gasteiger partial charge on any atom is -0.496 e. The summed E-state index contributed by atoms with van der Waals surface area (Å²) in [6, 6.07) is 8.24. The summed E-state index contributed by atoms with van der Waals surface area (Å²) in [7, 11) is 1.74. The van der Waals surface area contributed by atoms with E-state index in [0.717, 1.165) is 29.5 Å². The number of ether oxygens (including phenoxy) is 1. The van der Waals surface area contributed by atoms with E-state index in [1.165, 1.54) is 57.2 Å². The molecular formula is C21H28N2O.